The van der Waals surface area contributed by atoms with Crippen molar-refractivity contribution in [2.24, 2.45) is 5.73 Å². The zero-order chi connectivity index (χ0) is 11.1. The van der Waals surface area contributed by atoms with Crippen LogP contribution in [0.25, 0.3) is 0 Å². The molecular formula is C12H16N2O. The highest BCUT2D eigenvalue weighted by atomic mass is 16.1. The number of carbonyl (C=O) groups excluding carboxylic acids is 1. The van der Waals surface area contributed by atoms with E-state index in [9.17, 15) is 4.79 Å². The van der Waals surface area contributed by atoms with E-state index in [4.69, 9.17) is 5.73 Å². The highest BCUT2D eigenvalue weighted by Gasteiger charge is 2.05. The second-order valence-electron chi connectivity index (χ2n) is 3.23. The van der Waals surface area contributed by atoms with Crippen molar-refractivity contribution >= 4 is 5.91 Å². The summed E-state index contributed by atoms with van der Waals surface area (Å²) in [4.78, 5) is 11.7. The Kier molecular flexibility index (Phi) is 4.57. The second-order valence-corrected chi connectivity index (χ2v) is 3.23. The fraction of sp³-hybridized carbons (Fsp3) is 0.250. The van der Waals surface area contributed by atoms with Crippen molar-refractivity contribution in [1.29, 1.82) is 0 Å². The van der Waals surface area contributed by atoms with E-state index in [0.717, 1.165) is 11.1 Å². The Bertz CT molecular complexity index is 358. The van der Waals surface area contributed by atoms with E-state index in [1.54, 1.807) is 0 Å². The molecule has 0 aliphatic rings. The Hall–Kier alpha value is -1.61. The van der Waals surface area contributed by atoms with Crippen molar-refractivity contribution < 1.29 is 4.79 Å². The lowest BCUT2D eigenvalue weighted by molar-refractivity contribution is 0.0957. The third-order valence-electron chi connectivity index (χ3n) is 2.07. The van der Waals surface area contributed by atoms with Crippen LogP contribution in [0.15, 0.2) is 36.4 Å². The van der Waals surface area contributed by atoms with Gasteiger partial charge in [0.15, 0.2) is 0 Å². The lowest BCUT2D eigenvalue weighted by Crippen LogP contribution is -2.24. The number of hydrogen-bond acceptors (Lipinski definition) is 2. The van der Waals surface area contributed by atoms with Crippen molar-refractivity contribution in [2.75, 3.05) is 13.1 Å². The topological polar surface area (TPSA) is 55.1 Å². The third-order valence-corrected chi connectivity index (χ3v) is 2.07. The Morgan fingerprint density at radius 2 is 2.13 bits per heavy atom. The first kappa shape index (κ1) is 11.5. The van der Waals surface area contributed by atoms with Crippen molar-refractivity contribution in [3.05, 3.63) is 47.5 Å². The van der Waals surface area contributed by atoms with Crippen LogP contribution >= 0.6 is 0 Å². The van der Waals surface area contributed by atoms with E-state index in [1.165, 1.54) is 0 Å². The Balaban J connectivity index is 2.54. The predicted molar refractivity (Wildman–Crippen MR) is 61.7 cm³/mol. The zero-order valence-corrected chi connectivity index (χ0v) is 8.86. The number of benzene rings is 1. The average Bonchev–Trinajstić information content (AvgIpc) is 2.25. The molecule has 1 amide bonds. The van der Waals surface area contributed by atoms with E-state index < -0.39 is 0 Å². The lowest BCUT2D eigenvalue weighted by atomic mass is 10.1. The summed E-state index contributed by atoms with van der Waals surface area (Å²) in [6, 6.07) is 7.51. The van der Waals surface area contributed by atoms with Crippen molar-refractivity contribution in [3.63, 3.8) is 0 Å². The summed E-state index contributed by atoms with van der Waals surface area (Å²) in [5, 5.41) is 2.79. The van der Waals surface area contributed by atoms with Crippen LogP contribution in [-0.2, 0) is 0 Å². The minimum absolute atomic E-state index is 0.0465. The van der Waals surface area contributed by atoms with Gasteiger partial charge in [-0.3, -0.25) is 4.79 Å². The van der Waals surface area contributed by atoms with E-state index in [0.29, 0.717) is 13.1 Å². The van der Waals surface area contributed by atoms with Gasteiger partial charge >= 0.3 is 0 Å². The molecule has 0 atom stereocenters. The summed E-state index contributed by atoms with van der Waals surface area (Å²) < 4.78 is 0. The molecule has 1 aromatic rings. The van der Waals surface area contributed by atoms with Gasteiger partial charge in [-0.2, -0.15) is 0 Å². The molecule has 0 aliphatic carbocycles. The second kappa shape index (κ2) is 5.98. The maximum absolute atomic E-state index is 11.7. The highest BCUT2D eigenvalue weighted by molar-refractivity contribution is 5.95. The summed E-state index contributed by atoms with van der Waals surface area (Å²) in [6.45, 7) is 2.94. The van der Waals surface area contributed by atoms with Gasteiger partial charge < -0.3 is 11.1 Å². The summed E-state index contributed by atoms with van der Waals surface area (Å²) >= 11 is 0. The summed E-state index contributed by atoms with van der Waals surface area (Å²) in [6.07, 6.45) is 3.66. The smallest absolute Gasteiger partial charge is 0.251 e. The quantitative estimate of drug-likeness (QED) is 0.725. The van der Waals surface area contributed by atoms with Gasteiger partial charge in [-0.25, -0.2) is 0 Å². The molecule has 15 heavy (non-hydrogen) atoms. The first-order valence-corrected chi connectivity index (χ1v) is 4.94. The van der Waals surface area contributed by atoms with Crippen LogP contribution in [-0.4, -0.2) is 19.0 Å². The SMILES string of the molecule is Cc1ccccc1C(=O)NC/C=C/CN. The fourth-order valence-electron chi connectivity index (χ4n) is 1.25. The number of amides is 1. The number of hydrogen-bond donors (Lipinski definition) is 2. The van der Waals surface area contributed by atoms with Crippen molar-refractivity contribution in [1.82, 2.24) is 5.32 Å². The Morgan fingerprint density at radius 1 is 1.40 bits per heavy atom. The number of aryl methyl sites for hydroxylation is 1. The lowest BCUT2D eigenvalue weighted by Gasteiger charge is -2.04. The summed E-state index contributed by atoms with van der Waals surface area (Å²) in [7, 11) is 0. The minimum atomic E-state index is -0.0465. The largest absolute Gasteiger partial charge is 0.349 e. The van der Waals surface area contributed by atoms with E-state index in [1.807, 2.05) is 43.3 Å². The van der Waals surface area contributed by atoms with Crippen LogP contribution < -0.4 is 11.1 Å². The molecule has 0 unspecified atom stereocenters. The number of nitrogens with one attached hydrogen (secondary N) is 1. The normalized spacial score (nSPS) is 10.5. The third kappa shape index (κ3) is 3.56. The summed E-state index contributed by atoms with van der Waals surface area (Å²) in [5.74, 6) is -0.0465. The van der Waals surface area contributed by atoms with Gasteiger partial charge in [0.05, 0.1) is 0 Å². The molecule has 3 heteroatoms. The Labute approximate surface area is 90.0 Å². The first-order chi connectivity index (χ1) is 7.25. The van der Waals surface area contributed by atoms with Crippen LogP contribution in [0, 0.1) is 6.92 Å². The molecule has 0 spiro atoms. The van der Waals surface area contributed by atoms with E-state index in [2.05, 4.69) is 5.32 Å². The van der Waals surface area contributed by atoms with Gasteiger partial charge in [0.25, 0.3) is 5.91 Å². The molecule has 0 radical (unpaired) electrons. The molecule has 0 aliphatic heterocycles. The van der Waals surface area contributed by atoms with Crippen LogP contribution in [0.3, 0.4) is 0 Å². The predicted octanol–water partition coefficient (Wildman–Crippen LogP) is 1.24. The van der Waals surface area contributed by atoms with Gasteiger partial charge in [0, 0.05) is 18.7 Å². The van der Waals surface area contributed by atoms with Crippen LogP contribution in [0.4, 0.5) is 0 Å². The minimum Gasteiger partial charge on any atom is -0.349 e. The maximum atomic E-state index is 11.7. The zero-order valence-electron chi connectivity index (χ0n) is 8.86. The summed E-state index contributed by atoms with van der Waals surface area (Å²) in [5.41, 5.74) is 6.99. The molecule has 0 saturated heterocycles. The van der Waals surface area contributed by atoms with Crippen LogP contribution in [0.5, 0.6) is 0 Å². The van der Waals surface area contributed by atoms with Gasteiger partial charge in [0.2, 0.25) is 0 Å². The maximum Gasteiger partial charge on any atom is 0.251 e. The Morgan fingerprint density at radius 3 is 2.80 bits per heavy atom. The molecule has 80 valence electrons. The van der Waals surface area contributed by atoms with Crippen LogP contribution in [0.2, 0.25) is 0 Å². The number of rotatable bonds is 4. The van der Waals surface area contributed by atoms with Crippen molar-refractivity contribution in [3.8, 4) is 0 Å². The first-order valence-electron chi connectivity index (χ1n) is 4.94. The average molecular weight is 204 g/mol. The molecule has 3 N–H and O–H groups in total. The fourth-order valence-corrected chi connectivity index (χ4v) is 1.25. The molecular weight excluding hydrogens is 188 g/mol. The van der Waals surface area contributed by atoms with Gasteiger partial charge in [-0.1, -0.05) is 30.4 Å². The number of carbonyl (C=O) groups is 1. The standard InChI is InChI=1S/C12H16N2O/c1-10-6-2-3-7-11(10)12(15)14-9-5-4-8-13/h2-7H,8-9,13H2,1H3,(H,14,15)/b5-4+. The van der Waals surface area contributed by atoms with E-state index >= 15 is 0 Å². The van der Waals surface area contributed by atoms with E-state index in [-0.39, 0.29) is 5.91 Å². The molecule has 0 saturated carbocycles. The molecule has 1 aromatic carbocycles. The molecule has 1 rings (SSSR count). The number of nitrogens with two attached hydrogens (primary N) is 1. The van der Waals surface area contributed by atoms with Gasteiger partial charge in [0.1, 0.15) is 0 Å². The van der Waals surface area contributed by atoms with Gasteiger partial charge in [-0.15, -0.1) is 0 Å². The monoisotopic (exact) mass is 204 g/mol. The molecule has 0 fully saturated rings. The molecule has 3 nitrogen and oxygen atoms in total. The molecule has 0 bridgehead atoms. The van der Waals surface area contributed by atoms with Gasteiger partial charge in [-0.05, 0) is 18.6 Å². The van der Waals surface area contributed by atoms with Crippen molar-refractivity contribution in [2.45, 2.75) is 6.92 Å². The molecule has 0 aromatic heterocycles. The highest BCUT2D eigenvalue weighted by Crippen LogP contribution is 2.05. The molecule has 0 heterocycles. The van der Waals surface area contributed by atoms with Crippen LogP contribution in [0.1, 0.15) is 15.9 Å².